The summed E-state index contributed by atoms with van der Waals surface area (Å²) >= 11 is 0. The summed E-state index contributed by atoms with van der Waals surface area (Å²) in [6, 6.07) is 45.0. The van der Waals surface area contributed by atoms with Crippen molar-refractivity contribution < 1.29 is 9.47 Å². The molecular formula is C43H31N3O2. The predicted molar refractivity (Wildman–Crippen MR) is 193 cm³/mol. The van der Waals surface area contributed by atoms with E-state index in [0.29, 0.717) is 0 Å². The molecule has 5 aromatic carbocycles. The summed E-state index contributed by atoms with van der Waals surface area (Å²) in [5.41, 5.74) is 12.0. The van der Waals surface area contributed by atoms with Crippen molar-refractivity contribution >= 4 is 21.8 Å². The number of hydrogen-bond acceptors (Lipinski definition) is 4. The molecule has 0 amide bonds. The Morgan fingerprint density at radius 2 is 0.938 bits per heavy atom. The van der Waals surface area contributed by atoms with Gasteiger partial charge in [-0.15, -0.1) is 0 Å². The number of pyridine rings is 2. The summed E-state index contributed by atoms with van der Waals surface area (Å²) in [7, 11) is 0. The van der Waals surface area contributed by atoms with E-state index in [1.165, 1.54) is 10.8 Å². The van der Waals surface area contributed by atoms with Crippen molar-refractivity contribution in [2.45, 2.75) is 19.6 Å². The molecule has 3 aromatic heterocycles. The molecule has 0 fully saturated rings. The van der Waals surface area contributed by atoms with E-state index in [-0.39, 0.29) is 0 Å². The molecule has 5 nitrogen and oxygen atoms in total. The van der Waals surface area contributed by atoms with Gasteiger partial charge in [-0.2, -0.15) is 0 Å². The van der Waals surface area contributed by atoms with Crippen molar-refractivity contribution in [3.05, 3.63) is 152 Å². The van der Waals surface area contributed by atoms with Gasteiger partial charge in [0.05, 0.1) is 11.0 Å². The highest BCUT2D eigenvalue weighted by Crippen LogP contribution is 2.46. The molecule has 0 atom stereocenters. The molecule has 9 rings (SSSR count). The van der Waals surface area contributed by atoms with Crippen molar-refractivity contribution in [3.63, 3.8) is 0 Å². The average Bonchev–Trinajstić information content (AvgIpc) is 3.41. The minimum Gasteiger partial charge on any atom is -0.452 e. The minimum atomic E-state index is -0.856. The van der Waals surface area contributed by atoms with Gasteiger partial charge < -0.3 is 14.0 Å². The zero-order valence-electron chi connectivity index (χ0n) is 26.6. The van der Waals surface area contributed by atoms with Crippen LogP contribution in [0, 0.1) is 0 Å². The van der Waals surface area contributed by atoms with Crippen LogP contribution in [0.4, 0.5) is 0 Å². The number of ether oxygens (including phenoxy) is 2. The SMILES string of the molecule is CC1(C)Oc2ccc(-c3cc(-c4ccncc4)cc(-c4ccncc4)c3)cc2-c2cc(-n3c4ccccc4c4ccccc43)ccc2O1. The third-order valence-corrected chi connectivity index (χ3v) is 9.08. The highest BCUT2D eigenvalue weighted by molar-refractivity contribution is 6.09. The second-order valence-electron chi connectivity index (χ2n) is 12.6. The lowest BCUT2D eigenvalue weighted by molar-refractivity contribution is -0.0778. The maximum absolute atomic E-state index is 6.53. The first-order chi connectivity index (χ1) is 23.5. The Labute approximate surface area is 278 Å². The van der Waals surface area contributed by atoms with Crippen LogP contribution in [-0.4, -0.2) is 20.3 Å². The van der Waals surface area contributed by atoms with Crippen LogP contribution in [0.15, 0.2) is 152 Å². The van der Waals surface area contributed by atoms with Crippen molar-refractivity contribution in [2.24, 2.45) is 0 Å². The van der Waals surface area contributed by atoms with Gasteiger partial charge in [-0.1, -0.05) is 42.5 Å². The van der Waals surface area contributed by atoms with Crippen LogP contribution in [0.25, 0.3) is 72.0 Å². The van der Waals surface area contributed by atoms with Gasteiger partial charge in [0, 0.05) is 66.2 Å². The second-order valence-corrected chi connectivity index (χ2v) is 12.6. The van der Waals surface area contributed by atoms with Crippen molar-refractivity contribution in [1.82, 2.24) is 14.5 Å². The fourth-order valence-corrected chi connectivity index (χ4v) is 6.93. The van der Waals surface area contributed by atoms with E-state index in [4.69, 9.17) is 9.47 Å². The summed E-state index contributed by atoms with van der Waals surface area (Å²) in [4.78, 5) is 8.49. The van der Waals surface area contributed by atoms with Crippen LogP contribution in [-0.2, 0) is 0 Å². The van der Waals surface area contributed by atoms with Gasteiger partial charge in [0.2, 0.25) is 5.79 Å². The minimum absolute atomic E-state index is 0.779. The van der Waals surface area contributed by atoms with Crippen molar-refractivity contribution in [1.29, 1.82) is 0 Å². The van der Waals surface area contributed by atoms with E-state index in [2.05, 4.69) is 118 Å². The molecule has 0 N–H and O–H groups in total. The number of aromatic nitrogens is 3. The van der Waals surface area contributed by atoms with Crippen LogP contribution < -0.4 is 9.47 Å². The molecule has 0 bridgehead atoms. The largest absolute Gasteiger partial charge is 0.452 e. The number of rotatable bonds is 4. The molecule has 5 heteroatoms. The summed E-state index contributed by atoms with van der Waals surface area (Å²) in [6.45, 7) is 3.92. The number of fused-ring (bicyclic) bond motifs is 6. The number of hydrogen-bond donors (Lipinski definition) is 0. The molecule has 0 saturated carbocycles. The van der Waals surface area contributed by atoms with E-state index in [1.807, 2.05) is 62.9 Å². The van der Waals surface area contributed by atoms with Gasteiger partial charge in [0.1, 0.15) is 11.5 Å². The number of benzene rings is 5. The fraction of sp³-hybridized carbons (Fsp3) is 0.0698. The standard InChI is InChI=1S/C43H31N3O2/c1-43(2)47-41-13-11-30(33-24-31(28-15-19-44-20-16-28)23-32(25-33)29-17-21-45-22-18-29)26-37(41)38-27-34(12-14-42(38)48-43)46-39-9-5-3-7-35(39)36-8-4-6-10-40(36)46/h3-27H,1-2H3. The molecule has 48 heavy (non-hydrogen) atoms. The lowest BCUT2D eigenvalue weighted by atomic mass is 9.92. The third-order valence-electron chi connectivity index (χ3n) is 9.08. The quantitative estimate of drug-likeness (QED) is 0.196. The van der Waals surface area contributed by atoms with E-state index in [0.717, 1.165) is 72.7 Å². The molecule has 8 aromatic rings. The molecule has 0 spiro atoms. The monoisotopic (exact) mass is 621 g/mol. The first-order valence-corrected chi connectivity index (χ1v) is 16.1. The molecule has 0 radical (unpaired) electrons. The molecule has 0 aliphatic carbocycles. The molecule has 0 saturated heterocycles. The van der Waals surface area contributed by atoms with Crippen LogP contribution in [0.2, 0.25) is 0 Å². The van der Waals surface area contributed by atoms with Crippen molar-refractivity contribution in [2.75, 3.05) is 0 Å². The Hall–Kier alpha value is -6.20. The summed E-state index contributed by atoms with van der Waals surface area (Å²) in [5.74, 6) is 0.705. The van der Waals surface area contributed by atoms with E-state index in [1.54, 1.807) is 0 Å². The van der Waals surface area contributed by atoms with E-state index >= 15 is 0 Å². The van der Waals surface area contributed by atoms with E-state index in [9.17, 15) is 0 Å². The first-order valence-electron chi connectivity index (χ1n) is 16.1. The molecule has 230 valence electrons. The highest BCUT2D eigenvalue weighted by atomic mass is 16.7. The van der Waals surface area contributed by atoms with Crippen LogP contribution in [0.5, 0.6) is 11.5 Å². The average molecular weight is 622 g/mol. The Kier molecular flexibility index (Phi) is 6.40. The van der Waals surface area contributed by atoms with Gasteiger partial charge in [-0.25, -0.2) is 0 Å². The summed E-state index contributed by atoms with van der Waals surface area (Å²) in [5, 5.41) is 2.45. The van der Waals surface area contributed by atoms with Crippen LogP contribution in [0.1, 0.15) is 13.8 Å². The first kappa shape index (κ1) is 28.1. The maximum atomic E-state index is 6.53. The fourth-order valence-electron chi connectivity index (χ4n) is 6.93. The second kappa shape index (κ2) is 11.0. The lowest BCUT2D eigenvalue weighted by Gasteiger charge is -2.25. The van der Waals surface area contributed by atoms with Gasteiger partial charge in [0.15, 0.2) is 0 Å². The zero-order valence-corrected chi connectivity index (χ0v) is 26.6. The zero-order chi connectivity index (χ0) is 32.2. The van der Waals surface area contributed by atoms with E-state index < -0.39 is 5.79 Å². The summed E-state index contributed by atoms with van der Waals surface area (Å²) < 4.78 is 15.4. The van der Waals surface area contributed by atoms with Gasteiger partial charge in [-0.05, 0) is 118 Å². The highest BCUT2D eigenvalue weighted by Gasteiger charge is 2.30. The lowest BCUT2D eigenvalue weighted by Crippen LogP contribution is -2.34. The third kappa shape index (κ3) is 4.79. The Bertz CT molecular complexity index is 2370. The van der Waals surface area contributed by atoms with Gasteiger partial charge in [0.25, 0.3) is 0 Å². The number of para-hydroxylation sites is 2. The van der Waals surface area contributed by atoms with Crippen molar-refractivity contribution in [3.8, 4) is 61.7 Å². The van der Waals surface area contributed by atoms with Gasteiger partial charge in [-0.3, -0.25) is 9.97 Å². The van der Waals surface area contributed by atoms with Crippen LogP contribution >= 0.6 is 0 Å². The Morgan fingerprint density at radius 3 is 1.50 bits per heavy atom. The smallest absolute Gasteiger partial charge is 0.245 e. The topological polar surface area (TPSA) is 49.2 Å². The summed E-state index contributed by atoms with van der Waals surface area (Å²) in [6.07, 6.45) is 7.34. The maximum Gasteiger partial charge on any atom is 0.245 e. The number of nitrogens with zero attached hydrogens (tertiary/aromatic N) is 3. The molecule has 1 aliphatic rings. The van der Waals surface area contributed by atoms with Gasteiger partial charge >= 0.3 is 0 Å². The predicted octanol–water partition coefficient (Wildman–Crippen LogP) is 10.7. The normalized spacial score (nSPS) is 13.3. The molecule has 4 heterocycles. The molecule has 0 unspecified atom stereocenters. The molecular weight excluding hydrogens is 590 g/mol. The Morgan fingerprint density at radius 1 is 0.458 bits per heavy atom. The molecule has 1 aliphatic heterocycles. The van der Waals surface area contributed by atoms with Crippen LogP contribution in [0.3, 0.4) is 0 Å². The Balaban J connectivity index is 1.25.